The number of aliphatic imine (C=N–C) groups is 1. The summed E-state index contributed by atoms with van der Waals surface area (Å²) in [7, 11) is 0. The van der Waals surface area contributed by atoms with Gasteiger partial charge in [-0.15, -0.1) is 24.0 Å². The van der Waals surface area contributed by atoms with Gasteiger partial charge in [0.05, 0.1) is 6.26 Å². The lowest BCUT2D eigenvalue weighted by Crippen LogP contribution is -2.50. The van der Waals surface area contributed by atoms with Gasteiger partial charge in [-0.25, -0.2) is 0 Å². The molecule has 1 fully saturated rings. The Morgan fingerprint density at radius 3 is 2.56 bits per heavy atom. The topological polar surface area (TPSA) is 52.8 Å². The molecule has 2 heterocycles. The average Bonchev–Trinajstić information content (AvgIpc) is 3.06. The number of hydrogen-bond acceptors (Lipinski definition) is 3. The van der Waals surface area contributed by atoms with Crippen molar-refractivity contribution in [2.75, 3.05) is 26.2 Å². The lowest BCUT2D eigenvalue weighted by molar-refractivity contribution is 0.167. The highest BCUT2D eigenvalue weighted by Gasteiger charge is 2.21. The Bertz CT molecular complexity index is 480. The number of nitrogens with zero attached hydrogens (tertiary/aromatic N) is 2. The SMILES string of the molecule is CC(C)CN=C(NCCc1ccco1)NC1CCN(C(C)C)CC1.I. The molecular formula is C19H35IN4O. The Morgan fingerprint density at radius 2 is 2.00 bits per heavy atom. The van der Waals surface area contributed by atoms with Crippen molar-refractivity contribution in [1.82, 2.24) is 15.5 Å². The summed E-state index contributed by atoms with van der Waals surface area (Å²) in [4.78, 5) is 7.29. The molecule has 0 saturated carbocycles. The Labute approximate surface area is 170 Å². The van der Waals surface area contributed by atoms with E-state index in [1.165, 1.54) is 25.9 Å². The number of nitrogens with one attached hydrogen (secondary N) is 2. The fourth-order valence-electron chi connectivity index (χ4n) is 2.94. The minimum Gasteiger partial charge on any atom is -0.469 e. The van der Waals surface area contributed by atoms with Crippen LogP contribution in [-0.4, -0.2) is 49.1 Å². The summed E-state index contributed by atoms with van der Waals surface area (Å²) in [6, 6.07) is 5.11. The molecule has 25 heavy (non-hydrogen) atoms. The number of likely N-dealkylation sites (tertiary alicyclic amines) is 1. The lowest BCUT2D eigenvalue weighted by atomic mass is 10.0. The number of furan rings is 1. The molecule has 1 aliphatic rings. The molecule has 2 rings (SSSR count). The molecule has 0 radical (unpaired) electrons. The highest BCUT2D eigenvalue weighted by atomic mass is 127. The quantitative estimate of drug-likeness (QED) is 0.370. The summed E-state index contributed by atoms with van der Waals surface area (Å²) < 4.78 is 5.39. The van der Waals surface area contributed by atoms with Crippen molar-refractivity contribution in [2.24, 2.45) is 10.9 Å². The van der Waals surface area contributed by atoms with E-state index in [1.54, 1.807) is 6.26 Å². The first-order chi connectivity index (χ1) is 11.5. The Hall–Kier alpha value is -0.760. The Balaban J connectivity index is 0.00000312. The molecule has 5 nitrogen and oxygen atoms in total. The molecule has 1 aromatic heterocycles. The third-order valence-electron chi connectivity index (χ3n) is 4.46. The predicted molar refractivity (Wildman–Crippen MR) is 116 cm³/mol. The second kappa shape index (κ2) is 11.8. The number of piperidine rings is 1. The van der Waals surface area contributed by atoms with Crippen LogP contribution in [0.25, 0.3) is 0 Å². The maximum Gasteiger partial charge on any atom is 0.191 e. The van der Waals surface area contributed by atoms with Gasteiger partial charge in [-0.2, -0.15) is 0 Å². The lowest BCUT2D eigenvalue weighted by Gasteiger charge is -2.35. The van der Waals surface area contributed by atoms with E-state index in [0.717, 1.165) is 31.2 Å². The zero-order chi connectivity index (χ0) is 17.4. The highest BCUT2D eigenvalue weighted by Crippen LogP contribution is 2.12. The van der Waals surface area contributed by atoms with Gasteiger partial charge in [0, 0.05) is 44.7 Å². The van der Waals surface area contributed by atoms with Crippen molar-refractivity contribution in [3.63, 3.8) is 0 Å². The summed E-state index contributed by atoms with van der Waals surface area (Å²) >= 11 is 0. The first kappa shape index (κ1) is 22.3. The minimum atomic E-state index is 0. The third-order valence-corrected chi connectivity index (χ3v) is 4.46. The molecule has 6 heteroatoms. The van der Waals surface area contributed by atoms with Crippen LogP contribution in [0.3, 0.4) is 0 Å². The van der Waals surface area contributed by atoms with E-state index in [1.807, 2.05) is 12.1 Å². The fraction of sp³-hybridized carbons (Fsp3) is 0.737. The van der Waals surface area contributed by atoms with Crippen molar-refractivity contribution in [3.8, 4) is 0 Å². The summed E-state index contributed by atoms with van der Waals surface area (Å²) in [5.74, 6) is 2.52. The monoisotopic (exact) mass is 462 g/mol. The smallest absolute Gasteiger partial charge is 0.191 e. The Kier molecular flexibility index (Phi) is 10.5. The molecule has 0 atom stereocenters. The van der Waals surface area contributed by atoms with Crippen LogP contribution in [0.5, 0.6) is 0 Å². The van der Waals surface area contributed by atoms with Gasteiger partial charge < -0.3 is 20.0 Å². The average molecular weight is 462 g/mol. The Morgan fingerprint density at radius 1 is 1.28 bits per heavy atom. The van der Waals surface area contributed by atoms with E-state index >= 15 is 0 Å². The third kappa shape index (κ3) is 8.44. The maximum atomic E-state index is 5.39. The van der Waals surface area contributed by atoms with Crippen LogP contribution >= 0.6 is 24.0 Å². The van der Waals surface area contributed by atoms with Crippen LogP contribution in [-0.2, 0) is 6.42 Å². The van der Waals surface area contributed by atoms with E-state index in [4.69, 9.17) is 9.41 Å². The van der Waals surface area contributed by atoms with Gasteiger partial charge in [0.15, 0.2) is 5.96 Å². The molecule has 1 aliphatic heterocycles. The molecule has 0 aliphatic carbocycles. The van der Waals surface area contributed by atoms with E-state index in [-0.39, 0.29) is 24.0 Å². The number of guanidine groups is 1. The van der Waals surface area contributed by atoms with Crippen molar-refractivity contribution >= 4 is 29.9 Å². The van der Waals surface area contributed by atoms with Gasteiger partial charge >= 0.3 is 0 Å². The number of halogens is 1. The second-order valence-corrected chi connectivity index (χ2v) is 7.39. The standard InChI is InChI=1S/C19H34N4O.HI/c1-15(2)14-21-19(20-10-7-18-6-5-13-24-18)22-17-8-11-23(12-9-17)16(3)4;/h5-6,13,15-17H,7-12,14H2,1-4H3,(H2,20,21,22);1H. The number of rotatable bonds is 7. The molecule has 144 valence electrons. The minimum absolute atomic E-state index is 0. The van der Waals surface area contributed by atoms with E-state index in [9.17, 15) is 0 Å². The molecular weight excluding hydrogens is 427 g/mol. The van der Waals surface area contributed by atoms with Gasteiger partial charge in [-0.1, -0.05) is 13.8 Å². The zero-order valence-electron chi connectivity index (χ0n) is 16.1. The number of hydrogen-bond donors (Lipinski definition) is 2. The largest absolute Gasteiger partial charge is 0.469 e. The molecule has 0 bridgehead atoms. The maximum absolute atomic E-state index is 5.39. The second-order valence-electron chi connectivity index (χ2n) is 7.39. The summed E-state index contributed by atoms with van der Waals surface area (Å²) in [6.07, 6.45) is 4.96. The predicted octanol–water partition coefficient (Wildman–Crippen LogP) is 3.50. The molecule has 0 amide bonds. The van der Waals surface area contributed by atoms with E-state index < -0.39 is 0 Å². The van der Waals surface area contributed by atoms with E-state index in [2.05, 4.69) is 43.2 Å². The molecule has 1 aromatic rings. The summed E-state index contributed by atoms with van der Waals surface area (Å²) in [6.45, 7) is 13.0. The van der Waals surface area contributed by atoms with Crippen LogP contribution in [0.2, 0.25) is 0 Å². The van der Waals surface area contributed by atoms with Crippen LogP contribution in [0, 0.1) is 5.92 Å². The van der Waals surface area contributed by atoms with Gasteiger partial charge in [0.25, 0.3) is 0 Å². The highest BCUT2D eigenvalue weighted by molar-refractivity contribution is 14.0. The van der Waals surface area contributed by atoms with Crippen LogP contribution < -0.4 is 10.6 Å². The van der Waals surface area contributed by atoms with Gasteiger partial charge in [0.1, 0.15) is 5.76 Å². The van der Waals surface area contributed by atoms with E-state index in [0.29, 0.717) is 18.0 Å². The van der Waals surface area contributed by atoms with Crippen molar-refractivity contribution in [3.05, 3.63) is 24.2 Å². The molecule has 1 saturated heterocycles. The fourth-order valence-corrected chi connectivity index (χ4v) is 2.94. The summed E-state index contributed by atoms with van der Waals surface area (Å²) in [5, 5.41) is 7.09. The first-order valence-corrected chi connectivity index (χ1v) is 9.36. The molecule has 0 spiro atoms. The molecule has 2 N–H and O–H groups in total. The normalized spacial score (nSPS) is 17.0. The van der Waals surface area contributed by atoms with Crippen molar-refractivity contribution in [2.45, 2.75) is 59.0 Å². The molecule has 0 unspecified atom stereocenters. The van der Waals surface area contributed by atoms with Crippen LogP contribution in [0.4, 0.5) is 0 Å². The zero-order valence-corrected chi connectivity index (χ0v) is 18.5. The van der Waals surface area contributed by atoms with Crippen molar-refractivity contribution in [1.29, 1.82) is 0 Å². The van der Waals surface area contributed by atoms with Crippen molar-refractivity contribution < 1.29 is 4.42 Å². The van der Waals surface area contributed by atoms with Gasteiger partial charge in [-0.3, -0.25) is 4.99 Å². The molecule has 0 aromatic carbocycles. The first-order valence-electron chi connectivity index (χ1n) is 9.36. The van der Waals surface area contributed by atoms with Gasteiger partial charge in [0.2, 0.25) is 0 Å². The van der Waals surface area contributed by atoms with Crippen LogP contribution in [0.1, 0.15) is 46.3 Å². The van der Waals surface area contributed by atoms with Crippen LogP contribution in [0.15, 0.2) is 27.8 Å². The summed E-state index contributed by atoms with van der Waals surface area (Å²) in [5.41, 5.74) is 0. The van der Waals surface area contributed by atoms with Gasteiger partial charge in [-0.05, 0) is 44.7 Å².